The second-order valence-electron chi connectivity index (χ2n) is 3.08. The maximum Gasteiger partial charge on any atom is 0.405 e. The van der Waals surface area contributed by atoms with E-state index >= 15 is 0 Å². The molecule has 94 valence electrons. The van der Waals surface area contributed by atoms with Gasteiger partial charge in [0.15, 0.2) is 5.92 Å². The molecule has 0 aromatic carbocycles. The van der Waals surface area contributed by atoms with E-state index in [4.69, 9.17) is 16.7 Å². The van der Waals surface area contributed by atoms with Crippen molar-refractivity contribution in [3.8, 4) is 5.75 Å². The molecule has 0 radical (unpaired) electrons. The lowest BCUT2D eigenvalue weighted by atomic mass is 10.1. The van der Waals surface area contributed by atoms with Gasteiger partial charge in [-0.15, -0.1) is 0 Å². The standard InChI is InChI=1S/C9H7ClF3NO3/c10-5-1-6(3-14-2-5)17-4-7(8(15)16)9(11,12)13/h1-3,7H,4H2,(H,15,16). The van der Waals surface area contributed by atoms with E-state index in [1.807, 2.05) is 0 Å². The van der Waals surface area contributed by atoms with E-state index in [1.54, 1.807) is 0 Å². The highest BCUT2D eigenvalue weighted by Crippen LogP contribution is 2.27. The fourth-order valence-corrected chi connectivity index (χ4v) is 1.12. The third kappa shape index (κ3) is 4.10. The number of aliphatic carboxylic acids is 1. The second kappa shape index (κ2) is 5.22. The van der Waals surface area contributed by atoms with Gasteiger partial charge in [0.1, 0.15) is 12.4 Å². The van der Waals surface area contributed by atoms with Crippen molar-refractivity contribution in [3.63, 3.8) is 0 Å². The molecule has 1 N–H and O–H groups in total. The maximum atomic E-state index is 12.3. The number of halogens is 4. The largest absolute Gasteiger partial charge is 0.491 e. The molecular formula is C9H7ClF3NO3. The van der Waals surface area contributed by atoms with Crippen LogP contribution in [0.3, 0.4) is 0 Å². The number of nitrogens with zero attached hydrogens (tertiary/aromatic N) is 1. The van der Waals surface area contributed by atoms with Crippen LogP contribution in [-0.2, 0) is 4.79 Å². The van der Waals surface area contributed by atoms with Crippen molar-refractivity contribution >= 4 is 17.6 Å². The summed E-state index contributed by atoms with van der Waals surface area (Å²) < 4.78 is 41.4. The van der Waals surface area contributed by atoms with Crippen molar-refractivity contribution < 1.29 is 27.8 Å². The zero-order chi connectivity index (χ0) is 13.1. The van der Waals surface area contributed by atoms with Crippen molar-refractivity contribution in [1.29, 1.82) is 0 Å². The molecule has 1 unspecified atom stereocenters. The molecule has 0 aliphatic rings. The van der Waals surface area contributed by atoms with E-state index in [1.165, 1.54) is 12.3 Å². The summed E-state index contributed by atoms with van der Waals surface area (Å²) in [7, 11) is 0. The summed E-state index contributed by atoms with van der Waals surface area (Å²) in [5.41, 5.74) is 0. The van der Waals surface area contributed by atoms with E-state index in [2.05, 4.69) is 9.72 Å². The molecule has 0 bridgehead atoms. The van der Waals surface area contributed by atoms with E-state index in [0.29, 0.717) is 0 Å². The van der Waals surface area contributed by atoms with Crippen molar-refractivity contribution in [2.75, 3.05) is 6.61 Å². The van der Waals surface area contributed by atoms with Crippen LogP contribution in [0.15, 0.2) is 18.5 Å². The number of carboxylic acid groups (broad SMARTS) is 1. The number of hydrogen-bond donors (Lipinski definition) is 1. The molecule has 0 saturated carbocycles. The Morgan fingerprint density at radius 2 is 2.18 bits per heavy atom. The minimum absolute atomic E-state index is 0.0204. The van der Waals surface area contributed by atoms with Crippen LogP contribution in [0, 0.1) is 5.92 Å². The Labute approximate surface area is 99.0 Å². The molecule has 0 fully saturated rings. The SMILES string of the molecule is O=C(O)C(COc1cncc(Cl)c1)C(F)(F)F. The highest BCUT2D eigenvalue weighted by molar-refractivity contribution is 6.30. The summed E-state index contributed by atoms with van der Waals surface area (Å²) >= 11 is 5.53. The van der Waals surface area contributed by atoms with Crippen LogP contribution < -0.4 is 4.74 Å². The molecule has 1 aromatic heterocycles. The molecule has 1 heterocycles. The number of pyridine rings is 1. The number of carbonyl (C=O) groups is 1. The van der Waals surface area contributed by atoms with Gasteiger partial charge in [0.05, 0.1) is 11.2 Å². The minimum Gasteiger partial charge on any atom is -0.491 e. The fraction of sp³-hybridized carbons (Fsp3) is 0.333. The summed E-state index contributed by atoms with van der Waals surface area (Å²) in [6.45, 7) is -1.03. The van der Waals surface area contributed by atoms with Crippen LogP contribution in [0.4, 0.5) is 13.2 Å². The molecule has 0 aliphatic carbocycles. The number of hydrogen-bond acceptors (Lipinski definition) is 3. The topological polar surface area (TPSA) is 59.4 Å². The highest BCUT2D eigenvalue weighted by Gasteiger charge is 2.45. The number of rotatable bonds is 4. The van der Waals surface area contributed by atoms with Crippen molar-refractivity contribution in [3.05, 3.63) is 23.5 Å². The zero-order valence-corrected chi connectivity index (χ0v) is 9.00. The number of alkyl halides is 3. The third-order valence-electron chi connectivity index (χ3n) is 1.79. The zero-order valence-electron chi connectivity index (χ0n) is 8.24. The van der Waals surface area contributed by atoms with Gasteiger partial charge in [-0.1, -0.05) is 11.6 Å². The quantitative estimate of drug-likeness (QED) is 0.912. The Bertz CT molecular complexity index is 411. The van der Waals surface area contributed by atoms with Gasteiger partial charge in [-0.25, -0.2) is 0 Å². The van der Waals surface area contributed by atoms with E-state index in [-0.39, 0.29) is 10.8 Å². The molecule has 4 nitrogen and oxygen atoms in total. The molecule has 17 heavy (non-hydrogen) atoms. The first-order chi connectivity index (χ1) is 7.80. The van der Waals surface area contributed by atoms with Crippen LogP contribution in [0.2, 0.25) is 5.02 Å². The van der Waals surface area contributed by atoms with Gasteiger partial charge in [-0.05, 0) is 0 Å². The maximum absolute atomic E-state index is 12.3. The average molecular weight is 270 g/mol. The Balaban J connectivity index is 2.68. The average Bonchev–Trinajstić information content (AvgIpc) is 2.15. The Hall–Kier alpha value is -1.50. The Kier molecular flexibility index (Phi) is 4.17. The summed E-state index contributed by atoms with van der Waals surface area (Å²) in [6.07, 6.45) is -2.45. The van der Waals surface area contributed by atoms with Gasteiger partial charge in [0.2, 0.25) is 0 Å². The number of aromatic nitrogens is 1. The van der Waals surface area contributed by atoms with Gasteiger partial charge in [0.25, 0.3) is 0 Å². The van der Waals surface area contributed by atoms with Crippen LogP contribution in [0.25, 0.3) is 0 Å². The number of ether oxygens (including phenoxy) is 1. The normalized spacial score (nSPS) is 13.2. The first-order valence-electron chi connectivity index (χ1n) is 4.33. The molecule has 1 aromatic rings. The summed E-state index contributed by atoms with van der Waals surface area (Å²) in [5.74, 6) is -4.60. The lowest BCUT2D eigenvalue weighted by molar-refractivity contribution is -0.198. The van der Waals surface area contributed by atoms with E-state index in [0.717, 1.165) is 6.20 Å². The lowest BCUT2D eigenvalue weighted by Gasteiger charge is -2.16. The van der Waals surface area contributed by atoms with Gasteiger partial charge >= 0.3 is 12.1 Å². The lowest BCUT2D eigenvalue weighted by Crippen LogP contribution is -2.35. The summed E-state index contributed by atoms with van der Waals surface area (Å²) in [4.78, 5) is 14.0. The molecule has 0 spiro atoms. The smallest absolute Gasteiger partial charge is 0.405 e. The minimum atomic E-state index is -4.86. The Morgan fingerprint density at radius 3 is 2.65 bits per heavy atom. The van der Waals surface area contributed by atoms with Crippen molar-refractivity contribution in [1.82, 2.24) is 4.98 Å². The van der Waals surface area contributed by atoms with Gasteiger partial charge < -0.3 is 9.84 Å². The second-order valence-corrected chi connectivity index (χ2v) is 3.52. The van der Waals surface area contributed by atoms with Gasteiger partial charge in [-0.2, -0.15) is 13.2 Å². The first-order valence-corrected chi connectivity index (χ1v) is 4.71. The predicted octanol–water partition coefficient (Wildman–Crippen LogP) is 2.38. The summed E-state index contributed by atoms with van der Waals surface area (Å²) in [6, 6.07) is 1.24. The van der Waals surface area contributed by atoms with Crippen LogP contribution >= 0.6 is 11.6 Å². The molecular weight excluding hydrogens is 263 g/mol. The van der Waals surface area contributed by atoms with Gasteiger partial charge in [-0.3, -0.25) is 9.78 Å². The van der Waals surface area contributed by atoms with Gasteiger partial charge in [0, 0.05) is 12.3 Å². The number of carboxylic acids is 1. The fourth-order valence-electron chi connectivity index (χ4n) is 0.957. The predicted molar refractivity (Wildman–Crippen MR) is 51.9 cm³/mol. The molecule has 0 aliphatic heterocycles. The first kappa shape index (κ1) is 13.6. The Morgan fingerprint density at radius 1 is 1.53 bits per heavy atom. The molecule has 0 amide bonds. The van der Waals surface area contributed by atoms with E-state index < -0.39 is 24.7 Å². The summed E-state index contributed by atoms with van der Waals surface area (Å²) in [5, 5.41) is 8.58. The highest BCUT2D eigenvalue weighted by atomic mass is 35.5. The molecule has 0 saturated heterocycles. The van der Waals surface area contributed by atoms with Crippen molar-refractivity contribution in [2.45, 2.75) is 6.18 Å². The molecule has 1 rings (SSSR count). The van der Waals surface area contributed by atoms with Crippen LogP contribution in [0.5, 0.6) is 5.75 Å². The van der Waals surface area contributed by atoms with Crippen LogP contribution in [-0.4, -0.2) is 28.8 Å². The van der Waals surface area contributed by atoms with E-state index in [9.17, 15) is 18.0 Å². The molecule has 1 atom stereocenters. The third-order valence-corrected chi connectivity index (χ3v) is 2.00. The monoisotopic (exact) mass is 269 g/mol. The van der Waals surface area contributed by atoms with Crippen molar-refractivity contribution in [2.24, 2.45) is 5.92 Å². The van der Waals surface area contributed by atoms with Crippen LogP contribution in [0.1, 0.15) is 0 Å². The molecule has 8 heteroatoms.